The number of halogens is 1. The van der Waals surface area contributed by atoms with Crippen LogP contribution in [0.5, 0.6) is 0 Å². The molecule has 2 N–H and O–H groups in total. The highest BCUT2D eigenvalue weighted by Crippen LogP contribution is 2.27. The lowest BCUT2D eigenvalue weighted by atomic mass is 10.2. The molecule has 1 aromatic heterocycles. The second-order valence-electron chi connectivity index (χ2n) is 7.66. The fourth-order valence-electron chi connectivity index (χ4n) is 3.18. The molecule has 0 radical (unpaired) electrons. The van der Waals surface area contributed by atoms with Gasteiger partial charge in [0.2, 0.25) is 0 Å². The molecular weight excluding hydrogens is 471 g/mol. The van der Waals surface area contributed by atoms with Gasteiger partial charge in [-0.15, -0.1) is 0 Å². The van der Waals surface area contributed by atoms with E-state index in [-0.39, 0.29) is 16.5 Å². The van der Waals surface area contributed by atoms with Gasteiger partial charge < -0.3 is 10.1 Å². The van der Waals surface area contributed by atoms with Crippen LogP contribution in [-0.2, 0) is 14.8 Å². The topological polar surface area (TPSA) is 110 Å². The van der Waals surface area contributed by atoms with Gasteiger partial charge in [-0.2, -0.15) is 0 Å². The molecule has 1 heterocycles. The zero-order valence-corrected chi connectivity index (χ0v) is 19.7. The molecule has 0 fully saturated rings. The van der Waals surface area contributed by atoms with Gasteiger partial charge in [0.15, 0.2) is 11.6 Å². The lowest BCUT2D eigenvalue weighted by Gasteiger charge is -2.14. The molecule has 8 nitrogen and oxygen atoms in total. The Morgan fingerprint density at radius 1 is 0.914 bits per heavy atom. The average molecular weight is 495 g/mol. The molecule has 10 heteroatoms. The van der Waals surface area contributed by atoms with Crippen LogP contribution in [0.25, 0.3) is 11.0 Å². The summed E-state index contributed by atoms with van der Waals surface area (Å²) in [5, 5.41) is 3.05. The van der Waals surface area contributed by atoms with Gasteiger partial charge in [0, 0.05) is 5.69 Å². The Hall–Kier alpha value is -4.05. The minimum Gasteiger partial charge on any atom is -0.462 e. The van der Waals surface area contributed by atoms with Gasteiger partial charge in [0.1, 0.15) is 5.82 Å². The fraction of sp³-hybridized carbons (Fsp3) is 0.160. The molecule has 0 bridgehead atoms. The van der Waals surface area contributed by atoms with E-state index >= 15 is 0 Å². The second kappa shape index (κ2) is 10.5. The van der Waals surface area contributed by atoms with Gasteiger partial charge in [-0.3, -0.25) is 4.72 Å². The van der Waals surface area contributed by atoms with E-state index in [4.69, 9.17) is 4.74 Å². The van der Waals surface area contributed by atoms with Crippen molar-refractivity contribution >= 4 is 44.3 Å². The van der Waals surface area contributed by atoms with Crippen LogP contribution in [0.1, 0.15) is 30.1 Å². The highest BCUT2D eigenvalue weighted by Gasteiger charge is 2.19. The maximum atomic E-state index is 13.3. The summed E-state index contributed by atoms with van der Waals surface area (Å²) in [6.07, 6.45) is 1.72. The number of carbonyl (C=O) groups excluding carboxylic acids is 1. The number of esters is 1. The summed E-state index contributed by atoms with van der Waals surface area (Å²) in [6, 6.07) is 18.0. The Morgan fingerprint density at radius 2 is 1.54 bits per heavy atom. The SMILES string of the molecule is CCCCOC(=O)c1ccc(Nc2nc3ccccc3nc2NS(=O)(=O)c2ccc(F)cc2)cc1. The number of ether oxygens (including phenoxy) is 1. The van der Waals surface area contributed by atoms with Gasteiger partial charge in [-0.25, -0.2) is 27.6 Å². The Labute approximate surface area is 202 Å². The van der Waals surface area contributed by atoms with E-state index in [1.807, 2.05) is 6.92 Å². The number of fused-ring (bicyclic) bond motifs is 1. The highest BCUT2D eigenvalue weighted by atomic mass is 32.2. The Balaban J connectivity index is 1.62. The van der Waals surface area contributed by atoms with Crippen molar-refractivity contribution < 1.29 is 22.3 Å². The number of carbonyl (C=O) groups is 1. The molecule has 0 amide bonds. The Bertz CT molecular complexity index is 1440. The molecule has 0 atom stereocenters. The van der Waals surface area contributed by atoms with Crippen LogP contribution in [-0.4, -0.2) is 31.0 Å². The van der Waals surface area contributed by atoms with Crippen LogP contribution in [0.2, 0.25) is 0 Å². The molecule has 0 unspecified atom stereocenters. The van der Waals surface area contributed by atoms with Crippen molar-refractivity contribution in [3.8, 4) is 0 Å². The molecule has 35 heavy (non-hydrogen) atoms. The Morgan fingerprint density at radius 3 is 2.17 bits per heavy atom. The van der Waals surface area contributed by atoms with Crippen molar-refractivity contribution in [2.24, 2.45) is 0 Å². The van der Waals surface area contributed by atoms with E-state index in [1.54, 1.807) is 48.5 Å². The number of para-hydroxylation sites is 2. The molecule has 0 saturated heterocycles. The van der Waals surface area contributed by atoms with Crippen molar-refractivity contribution in [2.75, 3.05) is 16.6 Å². The third kappa shape index (κ3) is 5.90. The first-order valence-electron chi connectivity index (χ1n) is 10.9. The number of nitrogens with zero attached hydrogens (tertiary/aromatic N) is 2. The molecule has 0 saturated carbocycles. The number of nitrogens with one attached hydrogen (secondary N) is 2. The van der Waals surface area contributed by atoms with Gasteiger partial charge in [0.25, 0.3) is 10.0 Å². The molecule has 0 aliphatic carbocycles. The van der Waals surface area contributed by atoms with Crippen LogP contribution in [0.15, 0.2) is 77.7 Å². The summed E-state index contributed by atoms with van der Waals surface area (Å²) < 4.78 is 46.7. The van der Waals surface area contributed by atoms with Gasteiger partial charge in [0.05, 0.1) is 28.1 Å². The summed E-state index contributed by atoms with van der Waals surface area (Å²) in [5.41, 5.74) is 1.99. The lowest BCUT2D eigenvalue weighted by Crippen LogP contribution is -2.16. The summed E-state index contributed by atoms with van der Waals surface area (Å²) in [7, 11) is -4.06. The van der Waals surface area contributed by atoms with Crippen LogP contribution >= 0.6 is 0 Å². The normalized spacial score (nSPS) is 11.3. The van der Waals surface area contributed by atoms with Gasteiger partial charge in [-0.1, -0.05) is 25.5 Å². The van der Waals surface area contributed by atoms with Crippen molar-refractivity contribution in [1.29, 1.82) is 0 Å². The van der Waals surface area contributed by atoms with Gasteiger partial charge >= 0.3 is 5.97 Å². The minimum absolute atomic E-state index is 0.0314. The molecule has 180 valence electrons. The number of benzene rings is 3. The molecule has 3 aromatic carbocycles. The predicted molar refractivity (Wildman–Crippen MR) is 132 cm³/mol. The van der Waals surface area contributed by atoms with Gasteiger partial charge in [-0.05, 0) is 67.1 Å². The van der Waals surface area contributed by atoms with Crippen LogP contribution < -0.4 is 10.0 Å². The van der Waals surface area contributed by atoms with Crippen molar-refractivity contribution in [3.63, 3.8) is 0 Å². The van der Waals surface area contributed by atoms with E-state index in [2.05, 4.69) is 20.0 Å². The third-order valence-electron chi connectivity index (χ3n) is 5.04. The number of aromatic nitrogens is 2. The summed E-state index contributed by atoms with van der Waals surface area (Å²) in [6.45, 7) is 2.37. The van der Waals surface area contributed by atoms with E-state index in [0.29, 0.717) is 28.9 Å². The van der Waals surface area contributed by atoms with Crippen LogP contribution in [0.3, 0.4) is 0 Å². The largest absolute Gasteiger partial charge is 0.462 e. The number of hydrogen-bond acceptors (Lipinski definition) is 7. The number of anilines is 3. The highest BCUT2D eigenvalue weighted by molar-refractivity contribution is 7.92. The number of hydrogen-bond donors (Lipinski definition) is 2. The first-order valence-corrected chi connectivity index (χ1v) is 12.4. The van der Waals surface area contributed by atoms with Crippen molar-refractivity contribution in [3.05, 3.63) is 84.2 Å². The second-order valence-corrected chi connectivity index (χ2v) is 9.34. The summed E-state index contributed by atoms with van der Waals surface area (Å²) in [4.78, 5) is 21.0. The maximum Gasteiger partial charge on any atom is 0.338 e. The molecular formula is C25H23FN4O4S. The van der Waals surface area contributed by atoms with Crippen molar-refractivity contribution in [1.82, 2.24) is 9.97 Å². The average Bonchev–Trinajstić information content (AvgIpc) is 2.85. The first kappa shape index (κ1) is 24.1. The zero-order chi connectivity index (χ0) is 24.8. The van der Waals surface area contributed by atoms with E-state index < -0.39 is 21.8 Å². The zero-order valence-electron chi connectivity index (χ0n) is 18.9. The van der Waals surface area contributed by atoms with E-state index in [0.717, 1.165) is 37.1 Å². The number of rotatable bonds is 9. The van der Waals surface area contributed by atoms with E-state index in [9.17, 15) is 17.6 Å². The monoisotopic (exact) mass is 494 g/mol. The standard InChI is InChI=1S/C25H23FN4O4S/c1-2-3-16-34-25(31)17-8-12-19(13-9-17)27-23-24(29-22-7-5-4-6-21(22)28-23)30-35(32,33)20-14-10-18(26)11-15-20/h4-15H,2-3,16H2,1H3,(H,27,28)(H,29,30). The predicted octanol–water partition coefficient (Wildman–Crippen LogP) is 5.27. The number of unbranched alkanes of at least 4 members (excludes halogenated alkanes) is 1. The summed E-state index contributed by atoms with van der Waals surface area (Å²) >= 11 is 0. The number of sulfonamides is 1. The molecule has 4 aromatic rings. The third-order valence-corrected chi connectivity index (χ3v) is 6.39. The summed E-state index contributed by atoms with van der Waals surface area (Å²) in [5.74, 6) is -0.832. The van der Waals surface area contributed by atoms with Crippen LogP contribution in [0.4, 0.5) is 21.7 Å². The molecule has 0 spiro atoms. The molecule has 0 aliphatic rings. The first-order chi connectivity index (χ1) is 16.9. The lowest BCUT2D eigenvalue weighted by molar-refractivity contribution is 0.0499. The molecule has 0 aliphatic heterocycles. The molecule has 4 rings (SSSR count). The fourth-order valence-corrected chi connectivity index (χ4v) is 4.19. The Kier molecular flexibility index (Phi) is 7.21. The van der Waals surface area contributed by atoms with E-state index in [1.165, 1.54) is 0 Å². The van der Waals surface area contributed by atoms with Crippen LogP contribution in [0, 0.1) is 5.82 Å². The minimum atomic E-state index is -4.06. The van der Waals surface area contributed by atoms with Crippen molar-refractivity contribution in [2.45, 2.75) is 24.7 Å². The smallest absolute Gasteiger partial charge is 0.338 e. The maximum absolute atomic E-state index is 13.3. The quantitative estimate of drug-likeness (QED) is 0.241.